The maximum atomic E-state index is 12.1. The van der Waals surface area contributed by atoms with E-state index in [1.54, 1.807) is 37.3 Å². The van der Waals surface area contributed by atoms with E-state index in [-0.39, 0.29) is 11.6 Å². The number of hydrogen-bond acceptors (Lipinski definition) is 6. The number of non-ortho nitro benzene ring substituents is 1. The highest BCUT2D eigenvalue weighted by molar-refractivity contribution is 8.26. The summed E-state index contributed by atoms with van der Waals surface area (Å²) in [4.78, 5) is 22.7. The summed E-state index contributed by atoms with van der Waals surface area (Å²) >= 11 is 6.35. The molecular weight excluding hydrogens is 298 g/mol. The van der Waals surface area contributed by atoms with E-state index < -0.39 is 4.92 Å². The Kier molecular flexibility index (Phi) is 4.17. The van der Waals surface area contributed by atoms with Gasteiger partial charge in [0.2, 0.25) is 0 Å². The van der Waals surface area contributed by atoms with Gasteiger partial charge < -0.3 is 0 Å². The van der Waals surface area contributed by atoms with E-state index in [0.29, 0.717) is 9.23 Å². The van der Waals surface area contributed by atoms with E-state index in [0.717, 1.165) is 5.56 Å². The number of nitro groups is 1. The van der Waals surface area contributed by atoms with Crippen molar-refractivity contribution in [1.82, 2.24) is 10.0 Å². The van der Waals surface area contributed by atoms with Crippen molar-refractivity contribution in [1.29, 1.82) is 0 Å². The number of nitrogens with zero attached hydrogens (tertiary/aromatic N) is 3. The highest BCUT2D eigenvalue weighted by Crippen LogP contribution is 2.33. The molecule has 1 fully saturated rings. The van der Waals surface area contributed by atoms with Crippen LogP contribution in [0.1, 0.15) is 5.56 Å². The quantitative estimate of drug-likeness (QED) is 0.369. The summed E-state index contributed by atoms with van der Waals surface area (Å²) in [6.07, 6.45) is 1.67. The third-order valence-electron chi connectivity index (χ3n) is 2.58. The van der Waals surface area contributed by atoms with E-state index in [1.165, 1.54) is 28.9 Å². The molecule has 0 spiro atoms. The van der Waals surface area contributed by atoms with Crippen LogP contribution in [0.3, 0.4) is 0 Å². The molecule has 1 aliphatic rings. The Morgan fingerprint density at radius 2 is 1.95 bits per heavy atom. The van der Waals surface area contributed by atoms with Gasteiger partial charge in [-0.25, -0.2) is 10.0 Å². The minimum Gasteiger partial charge on any atom is -0.267 e. The zero-order valence-electron chi connectivity index (χ0n) is 10.8. The summed E-state index contributed by atoms with van der Waals surface area (Å²) in [5.41, 5.74) is 0.734. The summed E-state index contributed by atoms with van der Waals surface area (Å²) in [6, 6.07) is 6.00. The second-order valence-electron chi connectivity index (χ2n) is 4.19. The fourth-order valence-electron chi connectivity index (χ4n) is 1.65. The molecule has 1 aromatic carbocycles. The minimum atomic E-state index is -0.463. The third-order valence-corrected chi connectivity index (χ3v) is 3.86. The van der Waals surface area contributed by atoms with E-state index in [4.69, 9.17) is 12.2 Å². The molecule has 0 radical (unpaired) electrons. The van der Waals surface area contributed by atoms with Gasteiger partial charge in [0.25, 0.3) is 11.6 Å². The normalized spacial score (nSPS) is 17.4. The number of hydrogen-bond donors (Lipinski definition) is 0. The van der Waals surface area contributed by atoms with Crippen molar-refractivity contribution >= 4 is 46.0 Å². The van der Waals surface area contributed by atoms with Crippen LogP contribution in [0, 0.1) is 10.1 Å². The van der Waals surface area contributed by atoms with Crippen molar-refractivity contribution in [2.45, 2.75) is 0 Å². The molecule has 0 bridgehead atoms. The number of hydrazine groups is 1. The molecule has 1 saturated heterocycles. The van der Waals surface area contributed by atoms with E-state index >= 15 is 0 Å². The van der Waals surface area contributed by atoms with Gasteiger partial charge in [-0.2, -0.15) is 0 Å². The van der Waals surface area contributed by atoms with Gasteiger partial charge in [-0.1, -0.05) is 24.0 Å². The lowest BCUT2D eigenvalue weighted by molar-refractivity contribution is -0.384. The van der Waals surface area contributed by atoms with Crippen LogP contribution >= 0.6 is 24.0 Å². The van der Waals surface area contributed by atoms with Crippen LogP contribution in [0.2, 0.25) is 0 Å². The number of nitro benzene ring substituents is 1. The molecule has 0 aliphatic carbocycles. The Hall–Kier alpha value is -1.77. The zero-order valence-corrected chi connectivity index (χ0v) is 12.4. The average molecular weight is 309 g/mol. The molecule has 8 heteroatoms. The predicted molar refractivity (Wildman–Crippen MR) is 81.8 cm³/mol. The van der Waals surface area contributed by atoms with Crippen molar-refractivity contribution in [2.75, 3.05) is 14.1 Å². The standard InChI is InChI=1S/C12H11N3O3S2/c1-13(2)14-11(16)10(20-12(14)19)7-8-3-5-9(6-4-8)15(17)18/h3-7H,1-2H3. The molecule has 0 N–H and O–H groups in total. The topological polar surface area (TPSA) is 66.7 Å². The Morgan fingerprint density at radius 3 is 2.40 bits per heavy atom. The highest BCUT2D eigenvalue weighted by atomic mass is 32.2. The Bertz CT molecular complexity index is 611. The zero-order chi connectivity index (χ0) is 14.9. The monoisotopic (exact) mass is 309 g/mol. The highest BCUT2D eigenvalue weighted by Gasteiger charge is 2.33. The Balaban J connectivity index is 2.26. The lowest BCUT2D eigenvalue weighted by atomic mass is 10.2. The van der Waals surface area contributed by atoms with E-state index in [2.05, 4.69) is 0 Å². The molecule has 2 rings (SSSR count). The molecule has 0 atom stereocenters. The number of benzene rings is 1. The van der Waals surface area contributed by atoms with E-state index in [1.807, 2.05) is 0 Å². The van der Waals surface area contributed by atoms with Crippen molar-refractivity contribution in [2.24, 2.45) is 0 Å². The van der Waals surface area contributed by atoms with E-state index in [9.17, 15) is 14.9 Å². The van der Waals surface area contributed by atoms with Gasteiger partial charge in [-0.05, 0) is 23.8 Å². The summed E-state index contributed by atoms with van der Waals surface area (Å²) in [6.45, 7) is 0. The smallest absolute Gasteiger partial charge is 0.267 e. The Morgan fingerprint density at radius 1 is 1.35 bits per heavy atom. The summed E-state index contributed by atoms with van der Waals surface area (Å²) < 4.78 is 0.466. The second kappa shape index (κ2) is 5.70. The van der Waals surface area contributed by atoms with Gasteiger partial charge in [-0.15, -0.1) is 0 Å². The Labute approximate surface area is 125 Å². The van der Waals surface area contributed by atoms with Crippen LogP contribution in [-0.2, 0) is 4.79 Å². The average Bonchev–Trinajstić information content (AvgIpc) is 2.65. The lowest BCUT2D eigenvalue weighted by Gasteiger charge is -2.21. The molecule has 1 heterocycles. The van der Waals surface area contributed by atoms with Gasteiger partial charge in [-0.3, -0.25) is 14.9 Å². The number of thioether (sulfide) groups is 1. The van der Waals surface area contributed by atoms with Gasteiger partial charge in [0, 0.05) is 26.2 Å². The first-order chi connectivity index (χ1) is 9.40. The summed E-state index contributed by atoms with van der Waals surface area (Å²) in [5, 5.41) is 13.6. The van der Waals surface area contributed by atoms with Gasteiger partial charge in [0.05, 0.1) is 9.83 Å². The largest absolute Gasteiger partial charge is 0.280 e. The van der Waals surface area contributed by atoms with Crippen LogP contribution in [0.15, 0.2) is 29.2 Å². The molecule has 104 valence electrons. The summed E-state index contributed by atoms with van der Waals surface area (Å²) in [5.74, 6) is -0.191. The van der Waals surface area contributed by atoms with Gasteiger partial charge >= 0.3 is 0 Å². The minimum absolute atomic E-state index is 0.0167. The van der Waals surface area contributed by atoms with Crippen molar-refractivity contribution < 1.29 is 9.72 Å². The van der Waals surface area contributed by atoms with Crippen LogP contribution in [0.25, 0.3) is 6.08 Å². The van der Waals surface area contributed by atoms with Crippen LogP contribution in [0.5, 0.6) is 0 Å². The molecule has 0 saturated carbocycles. The predicted octanol–water partition coefficient (Wildman–Crippen LogP) is 2.27. The third kappa shape index (κ3) is 2.87. The van der Waals surface area contributed by atoms with Gasteiger partial charge in [0.15, 0.2) is 4.32 Å². The number of carbonyl (C=O) groups is 1. The fourth-order valence-corrected chi connectivity index (χ4v) is 3.05. The number of thiocarbonyl (C=S) groups is 1. The molecule has 0 unspecified atom stereocenters. The van der Waals surface area contributed by atoms with Crippen LogP contribution in [-0.4, -0.2) is 39.3 Å². The van der Waals surface area contributed by atoms with Crippen LogP contribution in [0.4, 0.5) is 5.69 Å². The first-order valence-corrected chi connectivity index (χ1v) is 6.82. The van der Waals surface area contributed by atoms with Crippen molar-refractivity contribution in [3.8, 4) is 0 Å². The molecule has 6 nitrogen and oxygen atoms in total. The molecule has 20 heavy (non-hydrogen) atoms. The lowest BCUT2D eigenvalue weighted by Crippen LogP contribution is -2.39. The van der Waals surface area contributed by atoms with Crippen LogP contribution < -0.4 is 0 Å². The fraction of sp³-hybridized carbons (Fsp3) is 0.167. The molecule has 0 aromatic heterocycles. The van der Waals surface area contributed by atoms with Crippen molar-refractivity contribution in [3.05, 3.63) is 44.8 Å². The number of amides is 1. The first-order valence-electron chi connectivity index (χ1n) is 5.60. The number of rotatable bonds is 3. The molecule has 1 aliphatic heterocycles. The molecule has 1 aromatic rings. The maximum Gasteiger partial charge on any atom is 0.280 e. The maximum absolute atomic E-state index is 12.1. The second-order valence-corrected chi connectivity index (χ2v) is 5.87. The molecule has 1 amide bonds. The van der Waals surface area contributed by atoms with Crippen molar-refractivity contribution in [3.63, 3.8) is 0 Å². The SMILES string of the molecule is CN(C)N1C(=O)C(=Cc2ccc([N+](=O)[O-])cc2)SC1=S. The van der Waals surface area contributed by atoms with Gasteiger partial charge in [0.1, 0.15) is 0 Å². The first kappa shape index (κ1) is 14.6. The summed E-state index contributed by atoms with van der Waals surface area (Å²) in [7, 11) is 3.47. The molecular formula is C12H11N3O3S2. The number of carbonyl (C=O) groups excluding carboxylic acids is 1.